The smallest absolute Gasteiger partial charge is 0.00764 e. The van der Waals surface area contributed by atoms with Crippen molar-refractivity contribution in [3.63, 3.8) is 0 Å². The zero-order valence-corrected chi connectivity index (χ0v) is 13.6. The second-order valence-corrected chi connectivity index (χ2v) is 5.82. The molecule has 0 spiro atoms. The fraction of sp³-hybridized carbons (Fsp3) is 1.00. The van der Waals surface area contributed by atoms with E-state index in [4.69, 9.17) is 5.73 Å². The van der Waals surface area contributed by atoms with Gasteiger partial charge in [-0.3, -0.25) is 0 Å². The number of nitrogens with two attached hydrogens (primary N) is 1. The number of hydrogen-bond donors (Lipinski definition) is 2. The van der Waals surface area contributed by atoms with Crippen molar-refractivity contribution in [2.45, 2.75) is 96.9 Å². The van der Waals surface area contributed by atoms with E-state index in [0.717, 1.165) is 13.0 Å². The van der Waals surface area contributed by atoms with Crippen LogP contribution in [0, 0.1) is 0 Å². The average molecular weight is 271 g/mol. The molecule has 1 unspecified atom stereocenters. The molecule has 0 aromatic heterocycles. The van der Waals surface area contributed by atoms with Gasteiger partial charge < -0.3 is 11.1 Å². The van der Waals surface area contributed by atoms with Gasteiger partial charge in [0.1, 0.15) is 0 Å². The van der Waals surface area contributed by atoms with Crippen molar-refractivity contribution in [1.82, 2.24) is 5.32 Å². The molecule has 0 fully saturated rings. The maximum absolute atomic E-state index is 5.59. The molecule has 2 nitrogen and oxygen atoms in total. The lowest BCUT2D eigenvalue weighted by atomic mass is 10.1. The van der Waals surface area contributed by atoms with Gasteiger partial charge in [-0.1, -0.05) is 71.6 Å². The molecule has 0 heterocycles. The lowest BCUT2D eigenvalue weighted by molar-refractivity contribution is 0.457. The lowest BCUT2D eigenvalue weighted by Crippen LogP contribution is -2.31. The summed E-state index contributed by atoms with van der Waals surface area (Å²) in [5.41, 5.74) is 5.59. The van der Waals surface area contributed by atoms with Crippen molar-refractivity contribution in [2.24, 2.45) is 5.73 Å². The van der Waals surface area contributed by atoms with Crippen LogP contribution in [-0.4, -0.2) is 19.1 Å². The van der Waals surface area contributed by atoms with Gasteiger partial charge >= 0.3 is 0 Å². The Hall–Kier alpha value is -0.0800. The van der Waals surface area contributed by atoms with E-state index < -0.39 is 0 Å². The third kappa shape index (κ3) is 14.1. The van der Waals surface area contributed by atoms with Crippen LogP contribution in [0.5, 0.6) is 0 Å². The minimum atomic E-state index is 0.642. The van der Waals surface area contributed by atoms with E-state index in [2.05, 4.69) is 19.2 Å². The Morgan fingerprint density at radius 3 is 1.79 bits per heavy atom. The van der Waals surface area contributed by atoms with Crippen molar-refractivity contribution in [3.05, 3.63) is 0 Å². The first-order valence-electron chi connectivity index (χ1n) is 8.78. The summed E-state index contributed by atoms with van der Waals surface area (Å²) >= 11 is 0. The van der Waals surface area contributed by atoms with Crippen molar-refractivity contribution < 1.29 is 0 Å². The van der Waals surface area contributed by atoms with E-state index >= 15 is 0 Å². The average Bonchev–Trinajstić information content (AvgIpc) is 2.43. The molecule has 19 heavy (non-hydrogen) atoms. The molecule has 0 aromatic rings. The van der Waals surface area contributed by atoms with Gasteiger partial charge in [0.2, 0.25) is 0 Å². The molecule has 3 N–H and O–H groups in total. The van der Waals surface area contributed by atoms with Gasteiger partial charge in [0.15, 0.2) is 0 Å². The standard InChI is InChI=1S/C17H38N2/c1-3-5-6-7-8-9-10-11-12-13-16-19-17(4-2)14-15-18/h17,19H,3-16,18H2,1-2H3. The summed E-state index contributed by atoms with van der Waals surface area (Å²) in [7, 11) is 0. The van der Waals surface area contributed by atoms with Gasteiger partial charge in [0.05, 0.1) is 0 Å². The third-order valence-corrected chi connectivity index (χ3v) is 3.97. The molecule has 0 radical (unpaired) electrons. The Labute approximate surface area is 121 Å². The predicted octanol–water partition coefficient (Wildman–Crippen LogP) is 4.62. The van der Waals surface area contributed by atoms with Crippen LogP contribution < -0.4 is 11.1 Å². The van der Waals surface area contributed by atoms with Gasteiger partial charge in [-0.05, 0) is 32.4 Å². The highest BCUT2D eigenvalue weighted by Gasteiger charge is 2.02. The fourth-order valence-corrected chi connectivity index (χ4v) is 2.57. The minimum Gasteiger partial charge on any atom is -0.330 e. The van der Waals surface area contributed by atoms with Crippen LogP contribution in [-0.2, 0) is 0 Å². The highest BCUT2D eigenvalue weighted by molar-refractivity contribution is 4.64. The summed E-state index contributed by atoms with van der Waals surface area (Å²) in [5.74, 6) is 0. The Morgan fingerprint density at radius 2 is 1.32 bits per heavy atom. The van der Waals surface area contributed by atoms with E-state index in [1.807, 2.05) is 0 Å². The largest absolute Gasteiger partial charge is 0.330 e. The number of nitrogens with one attached hydrogen (secondary N) is 1. The maximum Gasteiger partial charge on any atom is 0.00764 e. The molecule has 0 saturated carbocycles. The van der Waals surface area contributed by atoms with Crippen molar-refractivity contribution in [3.8, 4) is 0 Å². The van der Waals surface area contributed by atoms with Crippen LogP contribution in [0.25, 0.3) is 0 Å². The zero-order chi connectivity index (χ0) is 14.2. The van der Waals surface area contributed by atoms with Gasteiger partial charge in [-0.25, -0.2) is 0 Å². The van der Waals surface area contributed by atoms with Gasteiger partial charge in [0.25, 0.3) is 0 Å². The molecule has 0 aliphatic carbocycles. The minimum absolute atomic E-state index is 0.642. The summed E-state index contributed by atoms with van der Waals surface area (Å²) in [6, 6.07) is 0.642. The van der Waals surface area contributed by atoms with Crippen LogP contribution in [0.3, 0.4) is 0 Å². The molecule has 2 heteroatoms. The number of rotatable bonds is 15. The SMILES string of the molecule is CCCCCCCCCCCCNC(CC)CCN. The molecular weight excluding hydrogens is 232 g/mol. The van der Waals surface area contributed by atoms with Crippen molar-refractivity contribution in [2.75, 3.05) is 13.1 Å². The van der Waals surface area contributed by atoms with E-state index in [1.165, 1.54) is 77.2 Å². The molecule has 0 aliphatic rings. The Morgan fingerprint density at radius 1 is 0.789 bits per heavy atom. The van der Waals surface area contributed by atoms with Crippen LogP contribution >= 0.6 is 0 Å². The molecule has 0 amide bonds. The summed E-state index contributed by atoms with van der Waals surface area (Å²) in [6.45, 7) is 6.51. The molecular formula is C17H38N2. The van der Waals surface area contributed by atoms with Crippen LogP contribution in [0.15, 0.2) is 0 Å². The first-order valence-corrected chi connectivity index (χ1v) is 8.78. The zero-order valence-electron chi connectivity index (χ0n) is 13.6. The predicted molar refractivity (Wildman–Crippen MR) is 87.6 cm³/mol. The van der Waals surface area contributed by atoms with Gasteiger partial charge in [-0.2, -0.15) is 0 Å². The second kappa shape index (κ2) is 16.0. The highest BCUT2D eigenvalue weighted by Crippen LogP contribution is 2.10. The highest BCUT2D eigenvalue weighted by atomic mass is 14.9. The van der Waals surface area contributed by atoms with Crippen molar-refractivity contribution in [1.29, 1.82) is 0 Å². The maximum atomic E-state index is 5.59. The monoisotopic (exact) mass is 270 g/mol. The Balaban J connectivity index is 3.09. The fourth-order valence-electron chi connectivity index (χ4n) is 2.57. The van der Waals surface area contributed by atoms with E-state index in [1.54, 1.807) is 0 Å². The van der Waals surface area contributed by atoms with Crippen LogP contribution in [0.4, 0.5) is 0 Å². The van der Waals surface area contributed by atoms with Crippen LogP contribution in [0.1, 0.15) is 90.9 Å². The van der Waals surface area contributed by atoms with E-state index in [0.29, 0.717) is 6.04 Å². The van der Waals surface area contributed by atoms with Gasteiger partial charge in [0, 0.05) is 6.04 Å². The summed E-state index contributed by atoms with van der Waals surface area (Å²) in [4.78, 5) is 0. The topological polar surface area (TPSA) is 38.0 Å². The van der Waals surface area contributed by atoms with Crippen molar-refractivity contribution >= 4 is 0 Å². The quantitative estimate of drug-likeness (QED) is 0.426. The molecule has 116 valence electrons. The Kier molecular flexibility index (Phi) is 15.9. The molecule has 0 aromatic carbocycles. The molecule has 0 rings (SSSR count). The Bertz CT molecular complexity index is 159. The summed E-state index contributed by atoms with van der Waals surface area (Å²) in [6.07, 6.45) is 16.5. The normalized spacial score (nSPS) is 12.8. The first-order chi connectivity index (χ1) is 9.35. The van der Waals surface area contributed by atoms with Gasteiger partial charge in [-0.15, -0.1) is 0 Å². The van der Waals surface area contributed by atoms with E-state index in [-0.39, 0.29) is 0 Å². The molecule has 0 saturated heterocycles. The second-order valence-electron chi connectivity index (χ2n) is 5.82. The molecule has 1 atom stereocenters. The molecule has 0 bridgehead atoms. The lowest BCUT2D eigenvalue weighted by Gasteiger charge is -2.15. The van der Waals surface area contributed by atoms with E-state index in [9.17, 15) is 0 Å². The summed E-state index contributed by atoms with van der Waals surface area (Å²) < 4.78 is 0. The summed E-state index contributed by atoms with van der Waals surface area (Å²) in [5, 5.41) is 3.62. The van der Waals surface area contributed by atoms with Crippen LogP contribution in [0.2, 0.25) is 0 Å². The number of unbranched alkanes of at least 4 members (excludes halogenated alkanes) is 9. The number of hydrogen-bond acceptors (Lipinski definition) is 2. The molecule has 0 aliphatic heterocycles. The first kappa shape index (κ1) is 18.9. The third-order valence-electron chi connectivity index (χ3n) is 3.97.